The number of fused-ring (bicyclic) bond motifs is 1. The molecule has 0 bridgehead atoms. The van der Waals surface area contributed by atoms with Crippen LogP contribution in [-0.2, 0) is 6.42 Å². The lowest BCUT2D eigenvalue weighted by molar-refractivity contribution is 0.0695. The van der Waals surface area contributed by atoms with Crippen LogP contribution in [0.15, 0.2) is 12.1 Å². The average molecular weight is 207 g/mol. The molecule has 4 nitrogen and oxygen atoms in total. The van der Waals surface area contributed by atoms with E-state index in [0.717, 1.165) is 30.6 Å². The Morgan fingerprint density at radius 2 is 2.33 bits per heavy atom. The number of carbonyl (C=O) groups is 1. The molecule has 80 valence electrons. The Morgan fingerprint density at radius 1 is 1.53 bits per heavy atom. The largest absolute Gasteiger partial charge is 0.497 e. The maximum atomic E-state index is 11.1. The number of nitrogens with one attached hydrogen (secondary N) is 1. The summed E-state index contributed by atoms with van der Waals surface area (Å²) in [6.45, 7) is 0.888. The topological polar surface area (TPSA) is 58.6 Å². The first-order valence-electron chi connectivity index (χ1n) is 4.90. The van der Waals surface area contributed by atoms with E-state index in [-0.39, 0.29) is 0 Å². The minimum Gasteiger partial charge on any atom is -0.497 e. The Hall–Kier alpha value is -1.71. The third kappa shape index (κ3) is 1.75. The number of ether oxygens (including phenoxy) is 1. The molecule has 1 aromatic carbocycles. The fourth-order valence-electron chi connectivity index (χ4n) is 1.87. The standard InChI is InChI=1S/C11H13NO3/c1-15-7-5-9(11(13)14)8-3-2-4-12-10(8)6-7/h5-6,12H,2-4H2,1H3,(H,13,14). The molecule has 4 heteroatoms. The van der Waals surface area contributed by atoms with Crippen molar-refractivity contribution in [1.29, 1.82) is 0 Å². The van der Waals surface area contributed by atoms with Crippen molar-refractivity contribution < 1.29 is 14.6 Å². The van der Waals surface area contributed by atoms with Gasteiger partial charge in [0.2, 0.25) is 0 Å². The molecule has 0 fully saturated rings. The predicted molar refractivity (Wildman–Crippen MR) is 56.8 cm³/mol. The van der Waals surface area contributed by atoms with E-state index in [1.54, 1.807) is 6.07 Å². The van der Waals surface area contributed by atoms with Gasteiger partial charge in [0, 0.05) is 18.3 Å². The van der Waals surface area contributed by atoms with Crippen molar-refractivity contribution in [2.45, 2.75) is 12.8 Å². The Balaban J connectivity index is 2.55. The summed E-state index contributed by atoms with van der Waals surface area (Å²) in [5.74, 6) is -0.311. The highest BCUT2D eigenvalue weighted by Gasteiger charge is 2.18. The molecule has 1 aliphatic heterocycles. The predicted octanol–water partition coefficient (Wildman–Crippen LogP) is 1.75. The van der Waals surface area contributed by atoms with Gasteiger partial charge in [-0.25, -0.2) is 4.79 Å². The van der Waals surface area contributed by atoms with Gasteiger partial charge < -0.3 is 15.2 Å². The van der Waals surface area contributed by atoms with E-state index >= 15 is 0 Å². The second-order valence-electron chi connectivity index (χ2n) is 3.54. The molecule has 2 rings (SSSR count). The van der Waals surface area contributed by atoms with Gasteiger partial charge in [-0.05, 0) is 24.5 Å². The molecule has 0 radical (unpaired) electrons. The van der Waals surface area contributed by atoms with Crippen LogP contribution < -0.4 is 10.1 Å². The number of hydrogen-bond acceptors (Lipinski definition) is 3. The van der Waals surface area contributed by atoms with Gasteiger partial charge in [-0.15, -0.1) is 0 Å². The highest BCUT2D eigenvalue weighted by Crippen LogP contribution is 2.30. The SMILES string of the molecule is COc1cc2c(c(C(=O)O)c1)CCCN2. The summed E-state index contributed by atoms with van der Waals surface area (Å²) in [4.78, 5) is 11.1. The van der Waals surface area contributed by atoms with E-state index in [9.17, 15) is 4.79 Å². The maximum absolute atomic E-state index is 11.1. The number of rotatable bonds is 2. The smallest absolute Gasteiger partial charge is 0.336 e. The van der Waals surface area contributed by atoms with Crippen LogP contribution in [0.3, 0.4) is 0 Å². The van der Waals surface area contributed by atoms with Crippen molar-refractivity contribution in [1.82, 2.24) is 0 Å². The molecule has 0 spiro atoms. The van der Waals surface area contributed by atoms with Crippen molar-refractivity contribution in [3.8, 4) is 5.75 Å². The van der Waals surface area contributed by atoms with Crippen LogP contribution in [0.5, 0.6) is 5.75 Å². The lowest BCUT2D eigenvalue weighted by Gasteiger charge is -2.20. The molecular formula is C11H13NO3. The number of carboxylic acid groups (broad SMARTS) is 1. The molecule has 1 heterocycles. The molecule has 1 aliphatic rings. The van der Waals surface area contributed by atoms with E-state index < -0.39 is 5.97 Å². The van der Waals surface area contributed by atoms with E-state index in [1.807, 2.05) is 6.07 Å². The van der Waals surface area contributed by atoms with Crippen molar-refractivity contribution in [3.63, 3.8) is 0 Å². The fraction of sp³-hybridized carbons (Fsp3) is 0.364. The Bertz CT molecular complexity index is 401. The summed E-state index contributed by atoms with van der Waals surface area (Å²) >= 11 is 0. The van der Waals surface area contributed by atoms with E-state index in [4.69, 9.17) is 9.84 Å². The average Bonchev–Trinajstić information content (AvgIpc) is 2.27. The summed E-state index contributed by atoms with van der Waals surface area (Å²) < 4.78 is 5.07. The molecule has 0 atom stereocenters. The Kier molecular flexibility index (Phi) is 2.49. The zero-order valence-corrected chi connectivity index (χ0v) is 8.54. The lowest BCUT2D eigenvalue weighted by Crippen LogP contribution is -2.15. The van der Waals surface area contributed by atoms with Gasteiger partial charge in [0.05, 0.1) is 12.7 Å². The van der Waals surface area contributed by atoms with Gasteiger partial charge in [-0.1, -0.05) is 0 Å². The minimum absolute atomic E-state index is 0.344. The summed E-state index contributed by atoms with van der Waals surface area (Å²) in [7, 11) is 1.54. The zero-order valence-electron chi connectivity index (χ0n) is 8.54. The first-order chi connectivity index (χ1) is 7.22. The van der Waals surface area contributed by atoms with Crippen LogP contribution in [0.25, 0.3) is 0 Å². The molecule has 0 saturated carbocycles. The highest BCUT2D eigenvalue weighted by molar-refractivity contribution is 5.92. The van der Waals surface area contributed by atoms with Gasteiger partial charge in [-0.2, -0.15) is 0 Å². The number of methoxy groups -OCH3 is 1. The summed E-state index contributed by atoms with van der Waals surface area (Å²) in [5, 5.41) is 12.3. The molecule has 0 unspecified atom stereocenters. The van der Waals surface area contributed by atoms with Crippen molar-refractivity contribution >= 4 is 11.7 Å². The third-order valence-corrected chi connectivity index (χ3v) is 2.61. The second kappa shape index (κ2) is 3.81. The van der Waals surface area contributed by atoms with Gasteiger partial charge in [0.1, 0.15) is 5.75 Å². The number of benzene rings is 1. The first kappa shape index (κ1) is 9.83. The Morgan fingerprint density at radius 3 is 3.00 bits per heavy atom. The fourth-order valence-corrected chi connectivity index (χ4v) is 1.87. The number of aromatic carboxylic acids is 1. The molecule has 15 heavy (non-hydrogen) atoms. The quantitative estimate of drug-likeness (QED) is 0.775. The van der Waals surface area contributed by atoms with Crippen molar-refractivity contribution in [2.24, 2.45) is 0 Å². The van der Waals surface area contributed by atoms with Crippen LogP contribution in [0.2, 0.25) is 0 Å². The van der Waals surface area contributed by atoms with E-state index in [0.29, 0.717) is 11.3 Å². The molecule has 0 saturated heterocycles. The van der Waals surface area contributed by atoms with Crippen molar-refractivity contribution in [3.05, 3.63) is 23.3 Å². The molecule has 0 amide bonds. The van der Waals surface area contributed by atoms with Crippen LogP contribution in [0, 0.1) is 0 Å². The summed E-state index contributed by atoms with van der Waals surface area (Å²) in [5.41, 5.74) is 2.11. The normalized spacial score (nSPS) is 13.9. The molecule has 1 aromatic rings. The third-order valence-electron chi connectivity index (χ3n) is 2.61. The first-order valence-corrected chi connectivity index (χ1v) is 4.90. The molecular weight excluding hydrogens is 194 g/mol. The summed E-state index contributed by atoms with van der Waals surface area (Å²) in [6, 6.07) is 3.43. The van der Waals surface area contributed by atoms with E-state index in [1.165, 1.54) is 7.11 Å². The molecule has 0 aromatic heterocycles. The van der Waals surface area contributed by atoms with Crippen LogP contribution in [0.1, 0.15) is 22.3 Å². The number of carboxylic acids is 1. The molecule has 2 N–H and O–H groups in total. The van der Waals surface area contributed by atoms with Gasteiger partial charge in [0.25, 0.3) is 0 Å². The Labute approximate surface area is 87.9 Å². The zero-order chi connectivity index (χ0) is 10.8. The van der Waals surface area contributed by atoms with Crippen LogP contribution >= 0.6 is 0 Å². The highest BCUT2D eigenvalue weighted by atomic mass is 16.5. The number of hydrogen-bond donors (Lipinski definition) is 2. The summed E-state index contributed by atoms with van der Waals surface area (Å²) in [6.07, 6.45) is 1.79. The lowest BCUT2D eigenvalue weighted by atomic mass is 9.97. The van der Waals surface area contributed by atoms with Gasteiger partial charge >= 0.3 is 5.97 Å². The monoisotopic (exact) mass is 207 g/mol. The maximum Gasteiger partial charge on any atom is 0.336 e. The van der Waals surface area contributed by atoms with Gasteiger partial charge in [0.15, 0.2) is 0 Å². The van der Waals surface area contributed by atoms with Crippen molar-refractivity contribution in [2.75, 3.05) is 19.0 Å². The van der Waals surface area contributed by atoms with Crippen LogP contribution in [-0.4, -0.2) is 24.7 Å². The molecule has 0 aliphatic carbocycles. The second-order valence-corrected chi connectivity index (χ2v) is 3.54. The van der Waals surface area contributed by atoms with Crippen LogP contribution in [0.4, 0.5) is 5.69 Å². The van der Waals surface area contributed by atoms with Gasteiger partial charge in [-0.3, -0.25) is 0 Å². The minimum atomic E-state index is -0.895. The van der Waals surface area contributed by atoms with E-state index in [2.05, 4.69) is 5.32 Å². The number of anilines is 1.